The summed E-state index contributed by atoms with van der Waals surface area (Å²) in [5.41, 5.74) is 2.65. The van der Waals surface area contributed by atoms with Gasteiger partial charge in [-0.3, -0.25) is 0 Å². The highest BCUT2D eigenvalue weighted by Gasteiger charge is 2.49. The van der Waals surface area contributed by atoms with Crippen molar-refractivity contribution >= 4 is 0 Å². The summed E-state index contributed by atoms with van der Waals surface area (Å²) in [6, 6.07) is 21.4. The number of fused-ring (bicyclic) bond motifs is 1. The Kier molecular flexibility index (Phi) is 4.17. The van der Waals surface area contributed by atoms with Crippen LogP contribution in [0.1, 0.15) is 23.5 Å². The molecule has 3 nitrogen and oxygen atoms in total. The third-order valence-corrected chi connectivity index (χ3v) is 5.25. The molecule has 3 atom stereocenters. The van der Waals surface area contributed by atoms with Gasteiger partial charge in [-0.2, -0.15) is 0 Å². The summed E-state index contributed by atoms with van der Waals surface area (Å²) in [7, 11) is 4.49. The number of quaternary nitrogens is 1. The van der Waals surface area contributed by atoms with Crippen LogP contribution in [0.25, 0.3) is 0 Å². The summed E-state index contributed by atoms with van der Waals surface area (Å²) >= 11 is 0. The fraction of sp³-hybridized carbons (Fsp3) is 0.429. The number of hydrogen-bond acceptors (Lipinski definition) is 2. The normalized spacial score (nSPS) is 28.2. The van der Waals surface area contributed by atoms with Crippen LogP contribution in [-0.4, -0.2) is 50.2 Å². The van der Waals surface area contributed by atoms with E-state index in [9.17, 15) is 0 Å². The summed E-state index contributed by atoms with van der Waals surface area (Å²) in [4.78, 5) is 0. The molecule has 1 unspecified atom stereocenters. The van der Waals surface area contributed by atoms with E-state index in [4.69, 9.17) is 9.47 Å². The van der Waals surface area contributed by atoms with Crippen LogP contribution < -0.4 is 0 Å². The van der Waals surface area contributed by atoms with E-state index in [-0.39, 0.29) is 18.5 Å². The summed E-state index contributed by atoms with van der Waals surface area (Å²) in [5.74, 6) is 0.304. The van der Waals surface area contributed by atoms with Crippen molar-refractivity contribution in [3.63, 3.8) is 0 Å². The topological polar surface area (TPSA) is 18.5 Å². The minimum Gasteiger partial charge on any atom is -0.341 e. The van der Waals surface area contributed by atoms with E-state index in [1.165, 1.54) is 11.1 Å². The Bertz CT molecular complexity index is 615. The van der Waals surface area contributed by atoms with E-state index < -0.39 is 0 Å². The fourth-order valence-electron chi connectivity index (χ4n) is 4.11. The molecule has 4 rings (SSSR count). The van der Waals surface area contributed by atoms with E-state index in [0.29, 0.717) is 5.92 Å². The van der Waals surface area contributed by atoms with Crippen LogP contribution in [0.15, 0.2) is 60.7 Å². The molecule has 2 saturated heterocycles. The van der Waals surface area contributed by atoms with Gasteiger partial charge in [0.05, 0.1) is 14.1 Å². The van der Waals surface area contributed by atoms with E-state index in [2.05, 4.69) is 74.8 Å². The molecule has 0 aromatic heterocycles. The van der Waals surface area contributed by atoms with Crippen LogP contribution >= 0.6 is 0 Å². The number of hydrogen-bond donors (Lipinski definition) is 0. The number of likely N-dealkylation sites (tertiary alicyclic amines) is 1. The maximum Gasteiger partial charge on any atom is 0.160 e. The van der Waals surface area contributed by atoms with Crippen LogP contribution in [0, 0.1) is 0 Å². The standard InChI is InChI=1S/C21H26NO2/c1-22(2)14-19-20(15-22)24-21(23-19)13-18(16-9-5-3-6-10-16)17-11-7-4-8-12-17/h3-12,18-21H,13-15H2,1-2H3/q+1/t19-,20+,21?. The van der Waals surface area contributed by atoms with Crippen molar-refractivity contribution in [1.29, 1.82) is 0 Å². The van der Waals surface area contributed by atoms with Gasteiger partial charge in [0.25, 0.3) is 0 Å². The molecule has 2 heterocycles. The van der Waals surface area contributed by atoms with Gasteiger partial charge in [-0.1, -0.05) is 60.7 Å². The molecule has 0 amide bonds. The molecule has 0 aliphatic carbocycles. The summed E-state index contributed by atoms with van der Waals surface area (Å²) in [5, 5.41) is 0. The molecule has 2 aliphatic rings. The molecule has 0 saturated carbocycles. The molecule has 2 fully saturated rings. The Balaban J connectivity index is 1.52. The minimum atomic E-state index is -0.106. The lowest BCUT2D eigenvalue weighted by Gasteiger charge is -2.26. The zero-order valence-corrected chi connectivity index (χ0v) is 14.5. The monoisotopic (exact) mass is 324 g/mol. The number of likely N-dealkylation sites (N-methyl/N-ethyl adjacent to an activating group) is 1. The Hall–Kier alpha value is -1.68. The van der Waals surface area contributed by atoms with Crippen molar-refractivity contribution in [2.75, 3.05) is 27.2 Å². The van der Waals surface area contributed by atoms with Crippen molar-refractivity contribution in [3.8, 4) is 0 Å². The van der Waals surface area contributed by atoms with Crippen LogP contribution in [0.5, 0.6) is 0 Å². The third-order valence-electron chi connectivity index (χ3n) is 5.25. The Morgan fingerprint density at radius 3 is 1.75 bits per heavy atom. The zero-order chi connectivity index (χ0) is 16.6. The van der Waals surface area contributed by atoms with Crippen molar-refractivity contribution < 1.29 is 14.0 Å². The van der Waals surface area contributed by atoms with E-state index >= 15 is 0 Å². The number of ether oxygens (including phenoxy) is 2. The van der Waals surface area contributed by atoms with Gasteiger partial charge < -0.3 is 14.0 Å². The smallest absolute Gasteiger partial charge is 0.160 e. The lowest BCUT2D eigenvalue weighted by Crippen LogP contribution is -2.39. The molecule has 0 radical (unpaired) electrons. The second-order valence-electron chi connectivity index (χ2n) is 7.69. The van der Waals surface area contributed by atoms with Gasteiger partial charge in [-0.25, -0.2) is 0 Å². The van der Waals surface area contributed by atoms with Crippen molar-refractivity contribution in [2.45, 2.75) is 30.8 Å². The van der Waals surface area contributed by atoms with Gasteiger partial charge in [-0.05, 0) is 11.1 Å². The quantitative estimate of drug-likeness (QED) is 0.803. The second kappa shape index (κ2) is 6.32. The molecule has 2 aromatic carbocycles. The number of nitrogens with zero attached hydrogens (tertiary/aromatic N) is 1. The predicted octanol–water partition coefficient (Wildman–Crippen LogP) is 3.41. The average molecular weight is 324 g/mol. The van der Waals surface area contributed by atoms with E-state index in [1.807, 2.05) is 0 Å². The molecule has 2 aliphatic heterocycles. The van der Waals surface area contributed by atoms with Gasteiger partial charge in [0.1, 0.15) is 25.3 Å². The molecule has 3 heteroatoms. The summed E-state index contributed by atoms with van der Waals surface area (Å²) in [6.45, 7) is 2.09. The Labute approximate surface area is 144 Å². The van der Waals surface area contributed by atoms with Gasteiger partial charge in [0, 0.05) is 12.3 Å². The molecule has 0 N–H and O–H groups in total. The Morgan fingerprint density at radius 1 is 0.833 bits per heavy atom. The average Bonchev–Trinajstić information content (AvgIpc) is 3.07. The fourth-order valence-corrected chi connectivity index (χ4v) is 4.11. The van der Waals surface area contributed by atoms with Gasteiger partial charge in [0.2, 0.25) is 0 Å². The zero-order valence-electron chi connectivity index (χ0n) is 14.5. The van der Waals surface area contributed by atoms with Gasteiger partial charge in [0.15, 0.2) is 6.29 Å². The van der Waals surface area contributed by atoms with Crippen LogP contribution in [0.3, 0.4) is 0 Å². The van der Waals surface area contributed by atoms with Crippen LogP contribution in [-0.2, 0) is 9.47 Å². The van der Waals surface area contributed by atoms with Crippen LogP contribution in [0.2, 0.25) is 0 Å². The van der Waals surface area contributed by atoms with E-state index in [0.717, 1.165) is 24.0 Å². The highest BCUT2D eigenvalue weighted by atomic mass is 16.7. The lowest BCUT2D eigenvalue weighted by atomic mass is 9.88. The van der Waals surface area contributed by atoms with Crippen molar-refractivity contribution in [3.05, 3.63) is 71.8 Å². The molecular weight excluding hydrogens is 298 g/mol. The van der Waals surface area contributed by atoms with Crippen LogP contribution in [0.4, 0.5) is 0 Å². The molecule has 126 valence electrons. The maximum atomic E-state index is 6.26. The number of benzene rings is 2. The summed E-state index contributed by atoms with van der Waals surface area (Å²) < 4.78 is 13.5. The van der Waals surface area contributed by atoms with Gasteiger partial charge >= 0.3 is 0 Å². The largest absolute Gasteiger partial charge is 0.341 e. The molecule has 0 bridgehead atoms. The molecule has 2 aromatic rings. The maximum absolute atomic E-state index is 6.26. The highest BCUT2D eigenvalue weighted by molar-refractivity contribution is 5.32. The summed E-state index contributed by atoms with van der Waals surface area (Å²) in [6.07, 6.45) is 1.26. The minimum absolute atomic E-state index is 0.106. The molecule has 0 spiro atoms. The predicted molar refractivity (Wildman–Crippen MR) is 94.7 cm³/mol. The number of rotatable bonds is 4. The van der Waals surface area contributed by atoms with Crippen molar-refractivity contribution in [1.82, 2.24) is 0 Å². The third kappa shape index (κ3) is 3.25. The first-order chi connectivity index (χ1) is 11.6. The SMILES string of the molecule is C[N+]1(C)C[C@@H]2OC(CC(c3ccccc3)c3ccccc3)O[C@@H]2C1. The van der Waals surface area contributed by atoms with Crippen molar-refractivity contribution in [2.24, 2.45) is 0 Å². The highest BCUT2D eigenvalue weighted by Crippen LogP contribution is 2.36. The molecular formula is C21H26NO2+. The van der Waals surface area contributed by atoms with E-state index in [1.54, 1.807) is 0 Å². The lowest BCUT2D eigenvalue weighted by molar-refractivity contribution is -0.881. The first-order valence-electron chi connectivity index (χ1n) is 8.83. The second-order valence-corrected chi connectivity index (χ2v) is 7.69. The first-order valence-corrected chi connectivity index (χ1v) is 8.83. The van der Waals surface area contributed by atoms with Gasteiger partial charge in [-0.15, -0.1) is 0 Å². The first kappa shape index (κ1) is 15.8. The Morgan fingerprint density at radius 2 is 1.29 bits per heavy atom. The molecule has 24 heavy (non-hydrogen) atoms.